The molecular weight excluding hydrogens is 390 g/mol. The van der Waals surface area contributed by atoms with Crippen molar-refractivity contribution in [3.05, 3.63) is 53.1 Å². The highest BCUT2D eigenvalue weighted by Crippen LogP contribution is 2.32. The third-order valence-corrected chi connectivity index (χ3v) is 5.47. The van der Waals surface area contributed by atoms with E-state index in [0.717, 1.165) is 49.8 Å². The monoisotopic (exact) mass is 411 g/mol. The predicted molar refractivity (Wildman–Crippen MR) is 108 cm³/mol. The lowest BCUT2D eigenvalue weighted by atomic mass is 10.1. The lowest BCUT2D eigenvalue weighted by Gasteiger charge is -2.34. The molecule has 0 N–H and O–H groups in total. The van der Waals surface area contributed by atoms with Gasteiger partial charge in [0.1, 0.15) is 0 Å². The summed E-state index contributed by atoms with van der Waals surface area (Å²) in [5.74, 6) is 2.19. The van der Waals surface area contributed by atoms with Crippen molar-refractivity contribution >= 4 is 12.2 Å². The lowest BCUT2D eigenvalue weighted by Crippen LogP contribution is -2.46. The standard InChI is InChI=1S/C20H21N5O3S/c29-20-25(22-19(28-20)16-3-5-21-6-4-16)13-24-9-7-23(8-10-24)12-15-1-2-17-18(11-15)27-14-26-17/h1-6,11H,7-10,12-14H2. The smallest absolute Gasteiger partial charge is 0.288 e. The van der Waals surface area contributed by atoms with Crippen molar-refractivity contribution < 1.29 is 13.9 Å². The van der Waals surface area contributed by atoms with Crippen LogP contribution in [0.1, 0.15) is 5.56 Å². The summed E-state index contributed by atoms with van der Waals surface area (Å²) < 4.78 is 18.3. The Morgan fingerprint density at radius 3 is 2.52 bits per heavy atom. The molecule has 2 aliphatic heterocycles. The minimum absolute atomic E-state index is 0.310. The van der Waals surface area contributed by atoms with Crippen molar-refractivity contribution in [3.8, 4) is 23.0 Å². The maximum absolute atomic E-state index is 5.66. The van der Waals surface area contributed by atoms with Crippen LogP contribution in [0.2, 0.25) is 0 Å². The molecule has 3 aromatic rings. The molecule has 4 heterocycles. The topological polar surface area (TPSA) is 68.8 Å². The second-order valence-electron chi connectivity index (χ2n) is 7.13. The van der Waals surface area contributed by atoms with Gasteiger partial charge in [-0.3, -0.25) is 14.8 Å². The quantitative estimate of drug-likeness (QED) is 0.594. The Kier molecular flexibility index (Phi) is 5.01. The molecule has 0 saturated carbocycles. The van der Waals surface area contributed by atoms with E-state index in [-0.39, 0.29) is 0 Å². The van der Waals surface area contributed by atoms with Crippen LogP contribution in [0.3, 0.4) is 0 Å². The van der Waals surface area contributed by atoms with E-state index in [4.69, 9.17) is 26.1 Å². The number of pyridine rings is 1. The van der Waals surface area contributed by atoms with Crippen LogP contribution in [0.15, 0.2) is 47.1 Å². The molecule has 0 amide bonds. The fraction of sp³-hybridized carbons (Fsp3) is 0.350. The highest BCUT2D eigenvalue weighted by Gasteiger charge is 2.20. The summed E-state index contributed by atoms with van der Waals surface area (Å²) in [4.78, 5) is 9.19. The summed E-state index contributed by atoms with van der Waals surface area (Å²) in [6, 6.07) is 9.89. The van der Waals surface area contributed by atoms with E-state index in [1.165, 1.54) is 5.56 Å². The number of hydrogen-bond donors (Lipinski definition) is 0. The number of rotatable bonds is 5. The van der Waals surface area contributed by atoms with E-state index >= 15 is 0 Å². The predicted octanol–water partition coefficient (Wildman–Crippen LogP) is 2.77. The molecule has 0 aliphatic carbocycles. The maximum atomic E-state index is 5.66. The minimum atomic E-state index is 0.310. The van der Waals surface area contributed by atoms with Gasteiger partial charge >= 0.3 is 0 Å². The molecule has 0 bridgehead atoms. The van der Waals surface area contributed by atoms with Gasteiger partial charge < -0.3 is 13.9 Å². The Bertz CT molecular complexity index is 1040. The fourth-order valence-electron chi connectivity index (χ4n) is 3.58. The molecule has 0 unspecified atom stereocenters. The van der Waals surface area contributed by atoms with Crippen LogP contribution in [-0.2, 0) is 13.2 Å². The first kappa shape index (κ1) is 18.3. The molecule has 5 rings (SSSR count). The van der Waals surface area contributed by atoms with Crippen molar-refractivity contribution in [2.75, 3.05) is 33.0 Å². The Morgan fingerprint density at radius 2 is 1.69 bits per heavy atom. The zero-order valence-electron chi connectivity index (χ0n) is 15.9. The number of hydrogen-bond acceptors (Lipinski definition) is 8. The van der Waals surface area contributed by atoms with Gasteiger partial charge in [0.2, 0.25) is 12.7 Å². The summed E-state index contributed by atoms with van der Waals surface area (Å²) >= 11 is 5.35. The van der Waals surface area contributed by atoms with Crippen LogP contribution < -0.4 is 9.47 Å². The first-order valence-corrected chi connectivity index (χ1v) is 9.97. The number of ether oxygens (including phenoxy) is 2. The third kappa shape index (κ3) is 4.02. The first-order chi connectivity index (χ1) is 14.2. The van der Waals surface area contributed by atoms with Gasteiger partial charge in [0.15, 0.2) is 11.5 Å². The van der Waals surface area contributed by atoms with Crippen molar-refractivity contribution in [2.24, 2.45) is 0 Å². The molecule has 1 aromatic carbocycles. The van der Waals surface area contributed by atoms with Gasteiger partial charge in [0.25, 0.3) is 4.84 Å². The molecule has 1 fully saturated rings. The molecule has 0 radical (unpaired) electrons. The maximum Gasteiger partial charge on any atom is 0.288 e. The Balaban J connectivity index is 1.17. The average molecular weight is 411 g/mol. The van der Waals surface area contributed by atoms with E-state index < -0.39 is 0 Å². The van der Waals surface area contributed by atoms with Gasteiger partial charge in [-0.1, -0.05) is 6.07 Å². The molecule has 8 nitrogen and oxygen atoms in total. The Labute approximate surface area is 173 Å². The van der Waals surface area contributed by atoms with Crippen LogP contribution in [0, 0.1) is 4.84 Å². The summed E-state index contributed by atoms with van der Waals surface area (Å²) in [6.07, 6.45) is 3.43. The van der Waals surface area contributed by atoms with E-state index in [9.17, 15) is 0 Å². The largest absolute Gasteiger partial charge is 0.454 e. The van der Waals surface area contributed by atoms with Crippen LogP contribution in [-0.4, -0.2) is 57.5 Å². The number of benzene rings is 1. The van der Waals surface area contributed by atoms with E-state index in [0.29, 0.717) is 24.2 Å². The van der Waals surface area contributed by atoms with Crippen LogP contribution in [0.25, 0.3) is 11.5 Å². The van der Waals surface area contributed by atoms with Crippen LogP contribution >= 0.6 is 12.2 Å². The van der Waals surface area contributed by atoms with E-state index in [1.807, 2.05) is 18.2 Å². The van der Waals surface area contributed by atoms with E-state index in [1.54, 1.807) is 17.1 Å². The SMILES string of the molecule is S=c1oc(-c2ccncc2)nn1CN1CCN(Cc2ccc3c(c2)OCO3)CC1. The molecule has 0 atom stereocenters. The van der Waals surface area contributed by atoms with Gasteiger partial charge in [0, 0.05) is 50.7 Å². The van der Waals surface area contributed by atoms with E-state index in [2.05, 4.69) is 32.0 Å². The average Bonchev–Trinajstić information content (AvgIpc) is 3.36. The van der Waals surface area contributed by atoms with Gasteiger partial charge in [-0.25, -0.2) is 4.68 Å². The molecule has 2 aliphatic rings. The molecule has 2 aromatic heterocycles. The van der Waals surface area contributed by atoms with Crippen molar-refractivity contribution in [3.63, 3.8) is 0 Å². The second-order valence-corrected chi connectivity index (χ2v) is 7.48. The fourth-order valence-corrected chi connectivity index (χ4v) is 3.76. The summed E-state index contributed by atoms with van der Waals surface area (Å²) in [7, 11) is 0. The minimum Gasteiger partial charge on any atom is -0.454 e. The summed E-state index contributed by atoms with van der Waals surface area (Å²) in [5, 5.41) is 4.53. The third-order valence-electron chi connectivity index (χ3n) is 5.18. The number of nitrogens with zero attached hydrogens (tertiary/aromatic N) is 5. The summed E-state index contributed by atoms with van der Waals surface area (Å²) in [5.41, 5.74) is 2.11. The van der Waals surface area contributed by atoms with Gasteiger partial charge in [0.05, 0.1) is 6.67 Å². The molecule has 9 heteroatoms. The highest BCUT2D eigenvalue weighted by atomic mass is 32.1. The number of aromatic nitrogens is 3. The van der Waals surface area contributed by atoms with Crippen molar-refractivity contribution in [1.82, 2.24) is 24.6 Å². The van der Waals surface area contributed by atoms with Gasteiger partial charge in [-0.15, -0.1) is 5.10 Å². The Hall–Kier alpha value is -2.75. The molecule has 1 saturated heterocycles. The van der Waals surface area contributed by atoms with Crippen molar-refractivity contribution in [1.29, 1.82) is 0 Å². The Morgan fingerprint density at radius 1 is 0.931 bits per heavy atom. The molecule has 150 valence electrons. The molecule has 0 spiro atoms. The zero-order chi connectivity index (χ0) is 19.6. The lowest BCUT2D eigenvalue weighted by molar-refractivity contribution is 0.0973. The second kappa shape index (κ2) is 7.94. The zero-order valence-corrected chi connectivity index (χ0v) is 16.7. The van der Waals surface area contributed by atoms with Crippen LogP contribution in [0.5, 0.6) is 11.5 Å². The first-order valence-electron chi connectivity index (χ1n) is 9.56. The van der Waals surface area contributed by atoms with Crippen LogP contribution in [0.4, 0.5) is 0 Å². The number of fused-ring (bicyclic) bond motifs is 1. The van der Waals surface area contributed by atoms with Gasteiger partial charge in [-0.05, 0) is 42.0 Å². The van der Waals surface area contributed by atoms with Gasteiger partial charge in [-0.2, -0.15) is 0 Å². The molecule has 29 heavy (non-hydrogen) atoms. The summed E-state index contributed by atoms with van der Waals surface area (Å²) in [6.45, 7) is 5.71. The molecular formula is C20H21N5O3S. The van der Waals surface area contributed by atoms with Crippen molar-refractivity contribution in [2.45, 2.75) is 13.2 Å². The highest BCUT2D eigenvalue weighted by molar-refractivity contribution is 7.71. The number of piperazine rings is 1. The normalized spacial score (nSPS) is 17.0.